The molecular weight excluding hydrogens is 174 g/mol. The summed E-state index contributed by atoms with van der Waals surface area (Å²) in [7, 11) is -3.75. The summed E-state index contributed by atoms with van der Waals surface area (Å²) in [5, 5.41) is 16.6. The summed E-state index contributed by atoms with van der Waals surface area (Å²) >= 11 is 0. The minimum absolute atomic E-state index is 0.174. The number of hydrogen-bond donors (Lipinski definition) is 2. The summed E-state index contributed by atoms with van der Waals surface area (Å²) in [5.74, 6) is 0. The van der Waals surface area contributed by atoms with Crippen LogP contribution in [0.5, 0.6) is 0 Å². The minimum Gasteiger partial charge on any atom is -0.464 e. The van der Waals surface area contributed by atoms with E-state index in [0.29, 0.717) is 0 Å². The zero-order chi connectivity index (χ0) is 9.07. The van der Waals surface area contributed by atoms with Crippen molar-refractivity contribution in [1.29, 1.82) is 0 Å². The van der Waals surface area contributed by atoms with Crippen LogP contribution in [0.25, 0.3) is 0 Å². The Morgan fingerprint density at radius 1 is 1.55 bits per heavy atom. The van der Waals surface area contributed by atoms with Crippen molar-refractivity contribution in [2.45, 2.75) is 0 Å². The molecule has 0 saturated carbocycles. The molecule has 11 heavy (non-hydrogen) atoms. The van der Waals surface area contributed by atoms with E-state index in [1.807, 2.05) is 0 Å². The molecule has 7 heteroatoms. The number of aliphatic hydroxyl groups excluding tert-OH is 1. The zero-order valence-corrected chi connectivity index (χ0v) is 6.71. The standard InChI is InChI=1S/C4H9NO5S/c1-11(9,10)5(2-3-6)4(7)8/h6H,2-3H2,1H3,(H,7,8). The van der Waals surface area contributed by atoms with E-state index in [1.54, 1.807) is 0 Å². The van der Waals surface area contributed by atoms with E-state index in [-0.39, 0.29) is 4.31 Å². The molecule has 0 aliphatic carbocycles. The Morgan fingerprint density at radius 2 is 2.00 bits per heavy atom. The highest BCUT2D eigenvalue weighted by atomic mass is 32.2. The van der Waals surface area contributed by atoms with Crippen molar-refractivity contribution in [3.05, 3.63) is 0 Å². The van der Waals surface area contributed by atoms with Crippen molar-refractivity contribution in [2.24, 2.45) is 0 Å². The Bertz CT molecular complexity index is 233. The van der Waals surface area contributed by atoms with Gasteiger partial charge in [-0.15, -0.1) is 0 Å². The normalized spacial score (nSPS) is 11.1. The van der Waals surface area contributed by atoms with E-state index < -0.39 is 29.3 Å². The molecule has 0 rings (SSSR count). The molecule has 1 amide bonds. The molecule has 0 atom stereocenters. The van der Waals surface area contributed by atoms with Crippen molar-refractivity contribution in [1.82, 2.24) is 4.31 Å². The SMILES string of the molecule is CS(=O)(=O)N(CCO)C(=O)O. The van der Waals surface area contributed by atoms with Crippen LogP contribution < -0.4 is 0 Å². The quantitative estimate of drug-likeness (QED) is 0.580. The Morgan fingerprint density at radius 3 is 2.09 bits per heavy atom. The summed E-state index contributed by atoms with van der Waals surface area (Å²) in [6, 6.07) is 0. The number of amides is 1. The molecule has 0 heterocycles. The predicted octanol–water partition coefficient (Wildman–Crippen LogP) is -1.08. The predicted molar refractivity (Wildman–Crippen MR) is 36.7 cm³/mol. The fourth-order valence-corrected chi connectivity index (χ4v) is 1.19. The second kappa shape index (κ2) is 3.54. The number of carboxylic acid groups (broad SMARTS) is 1. The van der Waals surface area contributed by atoms with Crippen LogP contribution in [0.1, 0.15) is 0 Å². The average molecular weight is 183 g/mol. The van der Waals surface area contributed by atoms with Gasteiger partial charge in [0.05, 0.1) is 19.4 Å². The maximum Gasteiger partial charge on any atom is 0.421 e. The monoisotopic (exact) mass is 183 g/mol. The maximum atomic E-state index is 10.6. The van der Waals surface area contributed by atoms with Crippen LogP contribution >= 0.6 is 0 Å². The second-order valence-corrected chi connectivity index (χ2v) is 3.75. The van der Waals surface area contributed by atoms with Gasteiger partial charge >= 0.3 is 6.09 Å². The number of nitrogens with zero attached hydrogens (tertiary/aromatic N) is 1. The van der Waals surface area contributed by atoms with Crippen molar-refractivity contribution < 1.29 is 23.4 Å². The van der Waals surface area contributed by atoms with E-state index in [2.05, 4.69) is 0 Å². The summed E-state index contributed by atoms with van der Waals surface area (Å²) in [6.45, 7) is -0.937. The molecule has 0 saturated heterocycles. The van der Waals surface area contributed by atoms with Gasteiger partial charge in [-0.2, -0.15) is 0 Å². The third kappa shape index (κ3) is 3.19. The first-order valence-corrected chi connectivity index (χ1v) is 4.56. The summed E-state index contributed by atoms with van der Waals surface area (Å²) < 4.78 is 21.4. The van der Waals surface area contributed by atoms with E-state index >= 15 is 0 Å². The van der Waals surface area contributed by atoms with Crippen molar-refractivity contribution >= 4 is 16.1 Å². The number of aliphatic hydroxyl groups is 1. The van der Waals surface area contributed by atoms with Crippen LogP contribution in [0.2, 0.25) is 0 Å². The van der Waals surface area contributed by atoms with Crippen molar-refractivity contribution in [3.8, 4) is 0 Å². The van der Waals surface area contributed by atoms with E-state index in [0.717, 1.165) is 6.26 Å². The zero-order valence-electron chi connectivity index (χ0n) is 5.89. The lowest BCUT2D eigenvalue weighted by molar-refractivity contribution is 0.163. The second-order valence-electron chi connectivity index (χ2n) is 1.84. The van der Waals surface area contributed by atoms with Gasteiger partial charge in [-0.1, -0.05) is 0 Å². The molecule has 0 aliphatic heterocycles. The van der Waals surface area contributed by atoms with Gasteiger partial charge in [-0.3, -0.25) is 0 Å². The molecule has 0 aromatic heterocycles. The third-order valence-electron chi connectivity index (χ3n) is 0.917. The molecule has 66 valence electrons. The molecule has 0 radical (unpaired) electrons. The van der Waals surface area contributed by atoms with E-state index in [4.69, 9.17) is 10.2 Å². The Labute approximate surface area is 64.1 Å². The molecule has 0 unspecified atom stereocenters. The fourth-order valence-electron chi connectivity index (χ4n) is 0.494. The van der Waals surface area contributed by atoms with Crippen LogP contribution in [0.3, 0.4) is 0 Å². The van der Waals surface area contributed by atoms with Gasteiger partial charge in [-0.25, -0.2) is 17.5 Å². The van der Waals surface area contributed by atoms with Gasteiger partial charge in [0.15, 0.2) is 0 Å². The van der Waals surface area contributed by atoms with Crippen LogP contribution in [-0.4, -0.2) is 48.4 Å². The Hall–Kier alpha value is -0.820. The van der Waals surface area contributed by atoms with Crippen LogP contribution in [-0.2, 0) is 10.0 Å². The van der Waals surface area contributed by atoms with Crippen molar-refractivity contribution in [3.63, 3.8) is 0 Å². The lowest BCUT2D eigenvalue weighted by Gasteiger charge is -2.14. The molecule has 0 spiro atoms. The number of hydrogen-bond acceptors (Lipinski definition) is 4. The average Bonchev–Trinajstić information content (AvgIpc) is 1.79. The first kappa shape index (κ1) is 10.2. The maximum absolute atomic E-state index is 10.6. The van der Waals surface area contributed by atoms with E-state index in [9.17, 15) is 13.2 Å². The molecule has 0 aromatic carbocycles. The first-order valence-electron chi connectivity index (χ1n) is 2.71. The highest BCUT2D eigenvalue weighted by molar-refractivity contribution is 7.88. The van der Waals surface area contributed by atoms with Crippen LogP contribution in [0.15, 0.2) is 0 Å². The molecule has 0 aliphatic rings. The topological polar surface area (TPSA) is 94.9 Å². The van der Waals surface area contributed by atoms with Gasteiger partial charge in [-0.05, 0) is 0 Å². The summed E-state index contributed by atoms with van der Waals surface area (Å²) in [6.07, 6.45) is -0.821. The highest BCUT2D eigenvalue weighted by Crippen LogP contribution is 1.96. The van der Waals surface area contributed by atoms with Crippen LogP contribution in [0.4, 0.5) is 4.79 Å². The van der Waals surface area contributed by atoms with Crippen LogP contribution in [0, 0.1) is 0 Å². The highest BCUT2D eigenvalue weighted by Gasteiger charge is 2.20. The summed E-state index contributed by atoms with van der Waals surface area (Å²) in [5.41, 5.74) is 0. The van der Waals surface area contributed by atoms with Gasteiger partial charge in [0.25, 0.3) is 0 Å². The number of rotatable bonds is 3. The van der Waals surface area contributed by atoms with Gasteiger partial charge in [0.2, 0.25) is 10.0 Å². The number of sulfonamides is 1. The molecular formula is C4H9NO5S. The van der Waals surface area contributed by atoms with Gasteiger partial charge in [0.1, 0.15) is 0 Å². The minimum atomic E-state index is -3.75. The van der Waals surface area contributed by atoms with Gasteiger partial charge < -0.3 is 10.2 Å². The molecule has 0 bridgehead atoms. The Balaban J connectivity index is 4.49. The van der Waals surface area contributed by atoms with E-state index in [1.165, 1.54) is 0 Å². The van der Waals surface area contributed by atoms with Crippen molar-refractivity contribution in [2.75, 3.05) is 19.4 Å². The van der Waals surface area contributed by atoms with Gasteiger partial charge in [0, 0.05) is 0 Å². The summed E-state index contributed by atoms with van der Waals surface area (Å²) in [4.78, 5) is 10.2. The Kier molecular flexibility index (Phi) is 3.27. The molecule has 0 aromatic rings. The third-order valence-corrected chi connectivity index (χ3v) is 2.06. The fraction of sp³-hybridized carbons (Fsp3) is 0.750. The molecule has 2 N–H and O–H groups in total. The lowest BCUT2D eigenvalue weighted by atomic mass is 10.7. The molecule has 0 fully saturated rings. The molecule has 6 nitrogen and oxygen atoms in total. The first-order chi connectivity index (χ1) is 4.89. The number of carbonyl (C=O) groups is 1. The smallest absolute Gasteiger partial charge is 0.421 e. The largest absolute Gasteiger partial charge is 0.464 e. The lowest BCUT2D eigenvalue weighted by Crippen LogP contribution is -2.36.